The Morgan fingerprint density at radius 1 is 1.00 bits per heavy atom. The van der Waals surface area contributed by atoms with Gasteiger partial charge in [-0.05, 0) is 68.0 Å². The molecular formula is C25H29FN4O2. The fraction of sp³-hybridized carbons (Fsp3) is 0.480. The molecule has 5 rings (SSSR count). The fourth-order valence-corrected chi connectivity index (χ4v) is 4.83. The van der Waals surface area contributed by atoms with Crippen molar-refractivity contribution in [1.82, 2.24) is 14.5 Å². The van der Waals surface area contributed by atoms with Gasteiger partial charge in [-0.3, -0.25) is 9.36 Å². The summed E-state index contributed by atoms with van der Waals surface area (Å²) in [4.78, 5) is 22.9. The van der Waals surface area contributed by atoms with E-state index in [9.17, 15) is 9.18 Å². The first kappa shape index (κ1) is 21.1. The van der Waals surface area contributed by atoms with Crippen LogP contribution in [-0.2, 0) is 11.3 Å². The van der Waals surface area contributed by atoms with E-state index < -0.39 is 0 Å². The quantitative estimate of drug-likeness (QED) is 0.603. The molecule has 1 saturated heterocycles. The summed E-state index contributed by atoms with van der Waals surface area (Å²) < 4.78 is 20.9. The number of hydrogen-bond donors (Lipinski definition) is 1. The maximum absolute atomic E-state index is 13.5. The molecule has 0 radical (unpaired) electrons. The summed E-state index contributed by atoms with van der Waals surface area (Å²) >= 11 is 0. The predicted octanol–water partition coefficient (Wildman–Crippen LogP) is 4.77. The van der Waals surface area contributed by atoms with Gasteiger partial charge in [-0.1, -0.05) is 19.3 Å². The minimum absolute atomic E-state index is 0.123. The third kappa shape index (κ3) is 4.53. The summed E-state index contributed by atoms with van der Waals surface area (Å²) in [6.07, 6.45) is 8.13. The lowest BCUT2D eigenvalue weighted by Gasteiger charge is -2.23. The second-order valence-electron chi connectivity index (χ2n) is 8.94. The standard InChI is InChI=1S/C25H29FN4O2/c26-19-10-8-18(9-11-19)21-12-13-22-24(29-21)30(16-17-5-2-1-3-6-17)25(31)23(28-22)27-15-20-7-4-14-32-20/h8-13,17,20H,1-7,14-16H2,(H,27,28). The number of halogens is 1. The van der Waals surface area contributed by atoms with Crippen molar-refractivity contribution >= 4 is 17.0 Å². The first-order valence-electron chi connectivity index (χ1n) is 11.7. The predicted molar refractivity (Wildman–Crippen MR) is 123 cm³/mol. The number of benzene rings is 1. The van der Waals surface area contributed by atoms with Crippen LogP contribution < -0.4 is 10.9 Å². The summed E-state index contributed by atoms with van der Waals surface area (Å²) in [5, 5.41) is 3.24. The number of anilines is 1. The average Bonchev–Trinajstić information content (AvgIpc) is 3.34. The Hall–Kier alpha value is -2.80. The van der Waals surface area contributed by atoms with Gasteiger partial charge in [0.15, 0.2) is 11.5 Å². The largest absolute Gasteiger partial charge is 0.376 e. The van der Waals surface area contributed by atoms with E-state index >= 15 is 0 Å². The van der Waals surface area contributed by atoms with Crippen molar-refractivity contribution in [1.29, 1.82) is 0 Å². The highest BCUT2D eigenvalue weighted by atomic mass is 19.1. The van der Waals surface area contributed by atoms with Gasteiger partial charge in [0.2, 0.25) is 0 Å². The van der Waals surface area contributed by atoms with Gasteiger partial charge < -0.3 is 10.1 Å². The number of rotatable bonds is 6. The maximum atomic E-state index is 13.5. The second-order valence-corrected chi connectivity index (χ2v) is 8.94. The van der Waals surface area contributed by atoms with Crippen LogP contribution in [0.3, 0.4) is 0 Å². The maximum Gasteiger partial charge on any atom is 0.294 e. The summed E-state index contributed by atoms with van der Waals surface area (Å²) in [5.41, 5.74) is 2.65. The topological polar surface area (TPSA) is 69.0 Å². The molecule has 1 aliphatic heterocycles. The first-order chi connectivity index (χ1) is 15.7. The van der Waals surface area contributed by atoms with Crippen LogP contribution in [0.4, 0.5) is 10.2 Å². The molecule has 2 aliphatic rings. The molecule has 1 saturated carbocycles. The molecule has 3 heterocycles. The lowest BCUT2D eigenvalue weighted by molar-refractivity contribution is 0.120. The molecule has 168 valence electrons. The second kappa shape index (κ2) is 9.36. The minimum atomic E-state index is -0.285. The lowest BCUT2D eigenvalue weighted by atomic mass is 9.89. The van der Waals surface area contributed by atoms with E-state index in [-0.39, 0.29) is 17.5 Å². The van der Waals surface area contributed by atoms with Gasteiger partial charge in [0.1, 0.15) is 11.3 Å². The number of pyridine rings is 1. The third-order valence-corrected chi connectivity index (χ3v) is 6.62. The van der Waals surface area contributed by atoms with Crippen molar-refractivity contribution in [3.63, 3.8) is 0 Å². The van der Waals surface area contributed by atoms with Gasteiger partial charge in [-0.25, -0.2) is 14.4 Å². The highest BCUT2D eigenvalue weighted by Gasteiger charge is 2.21. The zero-order chi connectivity index (χ0) is 21.9. The van der Waals surface area contributed by atoms with Gasteiger partial charge in [0.25, 0.3) is 5.56 Å². The van der Waals surface area contributed by atoms with E-state index in [0.29, 0.717) is 41.7 Å². The summed E-state index contributed by atoms with van der Waals surface area (Å²) in [5.74, 6) is 0.543. The Balaban J connectivity index is 1.54. The van der Waals surface area contributed by atoms with Crippen LogP contribution in [0.2, 0.25) is 0 Å². The molecule has 1 atom stereocenters. The molecule has 0 bridgehead atoms. The summed E-state index contributed by atoms with van der Waals surface area (Å²) in [6, 6.07) is 10.0. The van der Waals surface area contributed by atoms with Gasteiger partial charge in [0, 0.05) is 25.3 Å². The number of nitrogens with zero attached hydrogens (tertiary/aromatic N) is 3. The molecule has 6 nitrogen and oxygen atoms in total. The zero-order valence-electron chi connectivity index (χ0n) is 18.2. The number of aromatic nitrogens is 3. The van der Waals surface area contributed by atoms with Gasteiger partial charge in [-0.2, -0.15) is 0 Å². The highest BCUT2D eigenvalue weighted by Crippen LogP contribution is 2.27. The molecule has 1 unspecified atom stereocenters. The van der Waals surface area contributed by atoms with Crippen molar-refractivity contribution in [2.75, 3.05) is 18.5 Å². The van der Waals surface area contributed by atoms with Crippen LogP contribution in [0.1, 0.15) is 44.9 Å². The highest BCUT2D eigenvalue weighted by molar-refractivity contribution is 5.76. The van der Waals surface area contributed by atoms with Crippen LogP contribution >= 0.6 is 0 Å². The molecule has 1 aliphatic carbocycles. The Bertz CT molecular complexity index is 1130. The van der Waals surface area contributed by atoms with Crippen LogP contribution in [0.5, 0.6) is 0 Å². The third-order valence-electron chi connectivity index (χ3n) is 6.62. The van der Waals surface area contributed by atoms with E-state index in [1.807, 2.05) is 12.1 Å². The van der Waals surface area contributed by atoms with Crippen LogP contribution in [0, 0.1) is 11.7 Å². The fourth-order valence-electron chi connectivity index (χ4n) is 4.83. The van der Waals surface area contributed by atoms with E-state index in [1.54, 1.807) is 16.7 Å². The molecule has 0 amide bonds. The first-order valence-corrected chi connectivity index (χ1v) is 11.7. The van der Waals surface area contributed by atoms with Crippen molar-refractivity contribution in [2.24, 2.45) is 5.92 Å². The SMILES string of the molecule is O=c1c(NCC2CCCO2)nc2ccc(-c3ccc(F)cc3)nc2n1CC1CCCCC1. The summed E-state index contributed by atoms with van der Waals surface area (Å²) in [6.45, 7) is 2.00. The Kier molecular flexibility index (Phi) is 6.17. The zero-order valence-corrected chi connectivity index (χ0v) is 18.2. The molecule has 0 spiro atoms. The molecule has 2 fully saturated rings. The van der Waals surface area contributed by atoms with Crippen LogP contribution in [-0.4, -0.2) is 33.8 Å². The van der Waals surface area contributed by atoms with Crippen LogP contribution in [0.25, 0.3) is 22.4 Å². The molecule has 1 N–H and O–H groups in total. The van der Waals surface area contributed by atoms with Crippen molar-refractivity contribution in [3.8, 4) is 11.3 Å². The number of nitrogens with one attached hydrogen (secondary N) is 1. The van der Waals surface area contributed by atoms with E-state index in [4.69, 9.17) is 9.72 Å². The molecule has 32 heavy (non-hydrogen) atoms. The van der Waals surface area contributed by atoms with Crippen molar-refractivity contribution in [2.45, 2.75) is 57.6 Å². The normalized spacial score (nSPS) is 19.5. The van der Waals surface area contributed by atoms with Gasteiger partial charge in [-0.15, -0.1) is 0 Å². The molecular weight excluding hydrogens is 407 g/mol. The van der Waals surface area contributed by atoms with E-state index in [0.717, 1.165) is 37.9 Å². The molecule has 2 aromatic heterocycles. The minimum Gasteiger partial charge on any atom is -0.376 e. The number of fused-ring (bicyclic) bond motifs is 1. The summed E-state index contributed by atoms with van der Waals surface area (Å²) in [7, 11) is 0. The van der Waals surface area contributed by atoms with Crippen molar-refractivity contribution in [3.05, 3.63) is 52.6 Å². The molecule has 3 aromatic rings. The molecule has 1 aromatic carbocycles. The number of hydrogen-bond acceptors (Lipinski definition) is 5. The van der Waals surface area contributed by atoms with E-state index in [1.165, 1.54) is 31.4 Å². The Labute approximate surface area is 186 Å². The molecule has 7 heteroatoms. The van der Waals surface area contributed by atoms with E-state index in [2.05, 4.69) is 10.3 Å². The smallest absolute Gasteiger partial charge is 0.294 e. The van der Waals surface area contributed by atoms with Gasteiger partial charge >= 0.3 is 0 Å². The lowest BCUT2D eigenvalue weighted by Crippen LogP contribution is -2.31. The monoisotopic (exact) mass is 436 g/mol. The number of ether oxygens (including phenoxy) is 1. The Morgan fingerprint density at radius 3 is 2.56 bits per heavy atom. The average molecular weight is 437 g/mol. The van der Waals surface area contributed by atoms with Gasteiger partial charge in [0.05, 0.1) is 11.8 Å². The Morgan fingerprint density at radius 2 is 1.81 bits per heavy atom. The van der Waals surface area contributed by atoms with Crippen molar-refractivity contribution < 1.29 is 9.13 Å². The van der Waals surface area contributed by atoms with Crippen LogP contribution in [0.15, 0.2) is 41.2 Å².